The van der Waals surface area contributed by atoms with Crippen LogP contribution in [0.2, 0.25) is 0 Å². The summed E-state index contributed by atoms with van der Waals surface area (Å²) in [4.78, 5) is 27.0. The van der Waals surface area contributed by atoms with E-state index in [9.17, 15) is 9.59 Å². The number of hydrogen-bond donors (Lipinski definition) is 1. The van der Waals surface area contributed by atoms with Crippen LogP contribution in [-0.2, 0) is 4.74 Å². The van der Waals surface area contributed by atoms with Crippen LogP contribution in [0.4, 0.5) is 5.69 Å². The third-order valence-electron chi connectivity index (χ3n) is 4.59. The Bertz CT molecular complexity index is 807. The Labute approximate surface area is 164 Å². The lowest BCUT2D eigenvalue weighted by Crippen LogP contribution is -2.36. The zero-order chi connectivity index (χ0) is 19.9. The van der Waals surface area contributed by atoms with Crippen molar-refractivity contribution in [1.29, 1.82) is 0 Å². The molecule has 0 unspecified atom stereocenters. The molecule has 1 aliphatic rings. The van der Waals surface area contributed by atoms with Crippen LogP contribution >= 0.6 is 0 Å². The van der Waals surface area contributed by atoms with E-state index in [1.807, 2.05) is 12.1 Å². The van der Waals surface area contributed by atoms with Gasteiger partial charge in [-0.25, -0.2) is 0 Å². The summed E-state index contributed by atoms with van der Waals surface area (Å²) in [6.07, 6.45) is 0. The molecule has 7 nitrogen and oxygen atoms in total. The summed E-state index contributed by atoms with van der Waals surface area (Å²) in [5.74, 6) is 0.497. The molecule has 1 saturated heterocycles. The van der Waals surface area contributed by atoms with Crippen molar-refractivity contribution in [3.8, 4) is 11.5 Å². The van der Waals surface area contributed by atoms with Crippen LogP contribution in [0, 0.1) is 0 Å². The zero-order valence-electron chi connectivity index (χ0n) is 16.1. The fourth-order valence-electron chi connectivity index (χ4n) is 2.98. The van der Waals surface area contributed by atoms with Crippen molar-refractivity contribution >= 4 is 17.4 Å². The van der Waals surface area contributed by atoms with E-state index in [4.69, 9.17) is 14.2 Å². The lowest BCUT2D eigenvalue weighted by atomic mass is 10.1. The molecular weight excluding hydrogens is 360 g/mol. The predicted molar refractivity (Wildman–Crippen MR) is 106 cm³/mol. The Kier molecular flexibility index (Phi) is 6.49. The van der Waals surface area contributed by atoms with Crippen LogP contribution in [-0.4, -0.2) is 58.8 Å². The van der Waals surface area contributed by atoms with Crippen LogP contribution in [0.1, 0.15) is 20.7 Å². The molecular formula is C21H24N2O5. The molecule has 2 aromatic rings. The molecule has 7 heteroatoms. The van der Waals surface area contributed by atoms with Crippen molar-refractivity contribution in [2.45, 2.75) is 0 Å². The average Bonchev–Trinajstić information content (AvgIpc) is 2.77. The van der Waals surface area contributed by atoms with Gasteiger partial charge in [0.05, 0.1) is 34.0 Å². The number of amides is 1. The minimum absolute atomic E-state index is 0.0880. The Balaban J connectivity index is 1.59. The summed E-state index contributed by atoms with van der Waals surface area (Å²) in [7, 11) is 3.03. The second-order valence-corrected chi connectivity index (χ2v) is 6.35. The van der Waals surface area contributed by atoms with Crippen molar-refractivity contribution in [3.63, 3.8) is 0 Å². The molecule has 0 spiro atoms. The highest BCUT2D eigenvalue weighted by molar-refractivity contribution is 6.02. The standard InChI is InChI=1S/C21H24N2O5/c1-26-18-11-16(12-19(13-18)27-2)21(25)22-14-20(24)15-3-5-17(6-4-15)23-7-9-28-10-8-23/h3-6,11-13H,7-10,14H2,1-2H3,(H,22,25). The molecule has 1 aliphatic heterocycles. The molecule has 148 valence electrons. The van der Waals surface area contributed by atoms with Gasteiger partial charge in [0.25, 0.3) is 5.91 Å². The second-order valence-electron chi connectivity index (χ2n) is 6.35. The van der Waals surface area contributed by atoms with Crippen LogP contribution < -0.4 is 19.7 Å². The SMILES string of the molecule is COc1cc(OC)cc(C(=O)NCC(=O)c2ccc(N3CCOCC3)cc2)c1. The van der Waals surface area contributed by atoms with E-state index < -0.39 is 0 Å². The van der Waals surface area contributed by atoms with Crippen molar-refractivity contribution in [3.05, 3.63) is 53.6 Å². The van der Waals surface area contributed by atoms with Crippen LogP contribution in [0.3, 0.4) is 0 Å². The molecule has 0 aliphatic carbocycles. The summed E-state index contributed by atoms with van der Waals surface area (Å²) in [6, 6.07) is 12.3. The fourth-order valence-corrected chi connectivity index (χ4v) is 2.98. The van der Waals surface area contributed by atoms with Crippen molar-refractivity contribution in [1.82, 2.24) is 5.32 Å². The Morgan fingerprint density at radius 1 is 0.964 bits per heavy atom. The number of Topliss-reactive ketones (excluding diaryl/α,β-unsaturated/α-hetero) is 1. The normalized spacial score (nSPS) is 13.7. The highest BCUT2D eigenvalue weighted by atomic mass is 16.5. The highest BCUT2D eigenvalue weighted by Crippen LogP contribution is 2.22. The van der Waals surface area contributed by atoms with E-state index in [1.165, 1.54) is 14.2 Å². The first-order valence-corrected chi connectivity index (χ1v) is 9.08. The largest absolute Gasteiger partial charge is 0.497 e. The number of ketones is 1. The zero-order valence-corrected chi connectivity index (χ0v) is 16.1. The topological polar surface area (TPSA) is 77.1 Å². The number of carbonyl (C=O) groups is 2. The van der Waals surface area contributed by atoms with Gasteiger partial charge in [0.15, 0.2) is 5.78 Å². The lowest BCUT2D eigenvalue weighted by molar-refractivity contribution is 0.0903. The van der Waals surface area contributed by atoms with Crippen molar-refractivity contribution < 1.29 is 23.8 Å². The number of ether oxygens (including phenoxy) is 3. The lowest BCUT2D eigenvalue weighted by Gasteiger charge is -2.28. The molecule has 1 amide bonds. The molecule has 1 heterocycles. The number of hydrogen-bond acceptors (Lipinski definition) is 6. The number of nitrogens with zero attached hydrogens (tertiary/aromatic N) is 1. The molecule has 0 atom stereocenters. The van der Waals surface area contributed by atoms with E-state index in [0.29, 0.717) is 35.8 Å². The third kappa shape index (κ3) is 4.80. The van der Waals surface area contributed by atoms with Crippen LogP contribution in [0.5, 0.6) is 11.5 Å². The number of methoxy groups -OCH3 is 2. The van der Waals surface area contributed by atoms with Gasteiger partial charge in [0.2, 0.25) is 0 Å². The highest BCUT2D eigenvalue weighted by Gasteiger charge is 2.14. The van der Waals surface area contributed by atoms with Crippen LogP contribution in [0.25, 0.3) is 0 Å². The molecule has 0 aromatic heterocycles. The number of morpholine rings is 1. The maximum atomic E-state index is 12.4. The molecule has 0 radical (unpaired) electrons. The molecule has 0 bridgehead atoms. The first-order valence-electron chi connectivity index (χ1n) is 9.08. The minimum atomic E-state index is -0.365. The number of nitrogens with one attached hydrogen (secondary N) is 1. The Hall–Kier alpha value is -3.06. The number of anilines is 1. The van der Waals surface area contributed by atoms with Gasteiger partial charge in [-0.15, -0.1) is 0 Å². The maximum absolute atomic E-state index is 12.4. The maximum Gasteiger partial charge on any atom is 0.251 e. The number of carbonyl (C=O) groups excluding carboxylic acids is 2. The van der Waals surface area contributed by atoms with E-state index >= 15 is 0 Å². The van der Waals surface area contributed by atoms with Gasteiger partial charge < -0.3 is 24.4 Å². The molecule has 1 fully saturated rings. The molecule has 28 heavy (non-hydrogen) atoms. The van der Waals surface area contributed by atoms with Gasteiger partial charge in [-0.3, -0.25) is 9.59 Å². The fraction of sp³-hybridized carbons (Fsp3) is 0.333. The van der Waals surface area contributed by atoms with E-state index in [0.717, 1.165) is 18.8 Å². The smallest absolute Gasteiger partial charge is 0.251 e. The average molecular weight is 384 g/mol. The number of rotatable bonds is 7. The van der Waals surface area contributed by atoms with Gasteiger partial charge in [0.1, 0.15) is 11.5 Å². The molecule has 1 N–H and O–H groups in total. The summed E-state index contributed by atoms with van der Waals surface area (Å²) in [5.41, 5.74) is 1.99. The Morgan fingerprint density at radius 3 is 2.14 bits per heavy atom. The number of benzene rings is 2. The summed E-state index contributed by atoms with van der Waals surface area (Å²) in [5, 5.41) is 2.65. The molecule has 0 saturated carbocycles. The van der Waals surface area contributed by atoms with Crippen molar-refractivity contribution in [2.75, 3.05) is 52.0 Å². The summed E-state index contributed by atoms with van der Waals surface area (Å²) < 4.78 is 15.7. The van der Waals surface area contributed by atoms with Gasteiger partial charge >= 0.3 is 0 Å². The van der Waals surface area contributed by atoms with Gasteiger partial charge in [-0.1, -0.05) is 0 Å². The van der Waals surface area contributed by atoms with E-state index in [1.54, 1.807) is 30.3 Å². The van der Waals surface area contributed by atoms with Gasteiger partial charge in [0, 0.05) is 36.0 Å². The van der Waals surface area contributed by atoms with Gasteiger partial charge in [-0.2, -0.15) is 0 Å². The van der Waals surface area contributed by atoms with E-state index in [2.05, 4.69) is 10.2 Å². The first kappa shape index (κ1) is 19.7. The summed E-state index contributed by atoms with van der Waals surface area (Å²) >= 11 is 0. The van der Waals surface area contributed by atoms with Crippen LogP contribution in [0.15, 0.2) is 42.5 Å². The summed E-state index contributed by atoms with van der Waals surface area (Å²) in [6.45, 7) is 3.01. The monoisotopic (exact) mass is 384 g/mol. The second kappa shape index (κ2) is 9.23. The third-order valence-corrected chi connectivity index (χ3v) is 4.59. The van der Waals surface area contributed by atoms with Crippen molar-refractivity contribution in [2.24, 2.45) is 0 Å². The molecule has 3 rings (SSSR count). The minimum Gasteiger partial charge on any atom is -0.497 e. The quantitative estimate of drug-likeness (QED) is 0.737. The predicted octanol–water partition coefficient (Wildman–Crippen LogP) is 2.15. The van der Waals surface area contributed by atoms with Gasteiger partial charge in [-0.05, 0) is 36.4 Å². The van der Waals surface area contributed by atoms with E-state index in [-0.39, 0.29) is 18.2 Å². The molecule has 2 aromatic carbocycles. The Morgan fingerprint density at radius 2 is 1.57 bits per heavy atom. The first-order chi connectivity index (χ1) is 13.6.